The number of hydrogen-bond donors (Lipinski definition) is 0. The van der Waals surface area contributed by atoms with Crippen LogP contribution in [-0.2, 0) is 9.53 Å². The van der Waals surface area contributed by atoms with Gasteiger partial charge in [0.05, 0.1) is 5.41 Å². The van der Waals surface area contributed by atoms with Crippen molar-refractivity contribution in [2.45, 2.75) is 51.6 Å². The minimum Gasteiger partial charge on any atom is -0.462 e. The van der Waals surface area contributed by atoms with Crippen LogP contribution in [0.15, 0.2) is 18.3 Å². The summed E-state index contributed by atoms with van der Waals surface area (Å²) in [5.74, 6) is 1.17. The minimum absolute atomic E-state index is 0.0882. The van der Waals surface area contributed by atoms with Crippen molar-refractivity contribution in [1.82, 2.24) is 9.88 Å². The van der Waals surface area contributed by atoms with Gasteiger partial charge in [0.2, 0.25) is 0 Å². The number of pyridine rings is 1. The second-order valence-electron chi connectivity index (χ2n) is 8.03. The number of anilines is 1. The number of ether oxygens (including phenoxy) is 1. The molecule has 1 saturated carbocycles. The van der Waals surface area contributed by atoms with Crippen molar-refractivity contribution in [1.29, 1.82) is 0 Å². The first kappa shape index (κ1) is 16.8. The SMILES string of the molecule is Cc1ccc(N2CCN(CC[C@@H]3CC4(CCCC4)C(=O)O3)CC2)nc1. The smallest absolute Gasteiger partial charge is 0.312 e. The number of piperazine rings is 1. The molecule has 0 bridgehead atoms. The Balaban J connectivity index is 1.23. The van der Waals surface area contributed by atoms with Crippen LogP contribution in [0.3, 0.4) is 0 Å². The molecule has 1 aromatic heterocycles. The van der Waals surface area contributed by atoms with Gasteiger partial charge in [-0.15, -0.1) is 0 Å². The van der Waals surface area contributed by atoms with E-state index in [4.69, 9.17) is 4.74 Å². The molecule has 136 valence electrons. The van der Waals surface area contributed by atoms with Crippen LogP contribution >= 0.6 is 0 Å². The first-order chi connectivity index (χ1) is 12.1. The lowest BCUT2D eigenvalue weighted by atomic mass is 9.83. The summed E-state index contributed by atoms with van der Waals surface area (Å²) < 4.78 is 5.71. The molecule has 1 atom stereocenters. The Hall–Kier alpha value is -1.62. The van der Waals surface area contributed by atoms with Crippen LogP contribution < -0.4 is 4.90 Å². The standard InChI is InChI=1S/C20H29N3O2/c1-16-4-5-18(21-15-16)23-12-10-22(11-13-23)9-6-17-14-20(19(24)25-17)7-2-3-8-20/h4-5,15,17H,2-3,6-14H2,1H3/t17-/m1/s1. The topological polar surface area (TPSA) is 45.7 Å². The number of rotatable bonds is 4. The predicted molar refractivity (Wildman–Crippen MR) is 97.6 cm³/mol. The monoisotopic (exact) mass is 343 g/mol. The molecule has 0 aromatic carbocycles. The number of carbonyl (C=O) groups excluding carboxylic acids is 1. The number of aryl methyl sites for hydroxylation is 1. The maximum absolute atomic E-state index is 12.2. The molecule has 5 nitrogen and oxygen atoms in total. The summed E-state index contributed by atoms with van der Waals surface area (Å²) in [4.78, 5) is 21.6. The van der Waals surface area contributed by atoms with Crippen LogP contribution in [0.5, 0.6) is 0 Å². The van der Waals surface area contributed by atoms with E-state index in [2.05, 4.69) is 33.8 Å². The number of carbonyl (C=O) groups is 1. The quantitative estimate of drug-likeness (QED) is 0.787. The average Bonchev–Trinajstić information content (AvgIpc) is 3.22. The molecule has 3 fully saturated rings. The van der Waals surface area contributed by atoms with E-state index in [1.807, 2.05) is 6.20 Å². The molecule has 0 N–H and O–H groups in total. The third-order valence-corrected chi connectivity index (χ3v) is 6.25. The summed E-state index contributed by atoms with van der Waals surface area (Å²) in [6.07, 6.45) is 8.50. The molecule has 5 heteroatoms. The van der Waals surface area contributed by atoms with Gasteiger partial charge in [-0.25, -0.2) is 4.98 Å². The van der Waals surface area contributed by atoms with Crippen LogP contribution in [-0.4, -0.2) is 54.7 Å². The highest BCUT2D eigenvalue weighted by molar-refractivity contribution is 5.79. The van der Waals surface area contributed by atoms with Gasteiger partial charge < -0.3 is 9.64 Å². The summed E-state index contributed by atoms with van der Waals surface area (Å²) in [5.41, 5.74) is 1.09. The second-order valence-corrected chi connectivity index (χ2v) is 8.03. The van der Waals surface area contributed by atoms with Gasteiger partial charge in [-0.3, -0.25) is 9.69 Å². The summed E-state index contributed by atoms with van der Waals surface area (Å²) in [6.45, 7) is 7.25. The number of esters is 1. The average molecular weight is 343 g/mol. The van der Waals surface area contributed by atoms with E-state index in [1.54, 1.807) is 0 Å². The van der Waals surface area contributed by atoms with Gasteiger partial charge >= 0.3 is 5.97 Å². The summed E-state index contributed by atoms with van der Waals surface area (Å²) in [5, 5.41) is 0. The third-order valence-electron chi connectivity index (χ3n) is 6.25. The Kier molecular flexibility index (Phi) is 4.67. The maximum Gasteiger partial charge on any atom is 0.312 e. The molecule has 1 aromatic rings. The first-order valence-corrected chi connectivity index (χ1v) is 9.76. The number of aromatic nitrogens is 1. The van der Waals surface area contributed by atoms with Crippen LogP contribution in [0.25, 0.3) is 0 Å². The molecule has 0 amide bonds. The van der Waals surface area contributed by atoms with E-state index in [9.17, 15) is 4.79 Å². The lowest BCUT2D eigenvalue weighted by Crippen LogP contribution is -2.47. The van der Waals surface area contributed by atoms with Gasteiger partial charge in [0.25, 0.3) is 0 Å². The van der Waals surface area contributed by atoms with Gasteiger partial charge in [-0.1, -0.05) is 18.9 Å². The van der Waals surface area contributed by atoms with Crippen molar-refractivity contribution < 1.29 is 9.53 Å². The van der Waals surface area contributed by atoms with Crippen LogP contribution in [0.2, 0.25) is 0 Å². The highest BCUT2D eigenvalue weighted by atomic mass is 16.6. The van der Waals surface area contributed by atoms with E-state index >= 15 is 0 Å². The van der Waals surface area contributed by atoms with Crippen molar-refractivity contribution in [2.75, 3.05) is 37.6 Å². The van der Waals surface area contributed by atoms with Crippen molar-refractivity contribution in [3.05, 3.63) is 23.9 Å². The highest BCUT2D eigenvalue weighted by Gasteiger charge is 2.50. The molecule has 3 aliphatic rings. The van der Waals surface area contributed by atoms with Crippen molar-refractivity contribution in [3.63, 3.8) is 0 Å². The van der Waals surface area contributed by atoms with E-state index in [-0.39, 0.29) is 17.5 Å². The number of hydrogen-bond acceptors (Lipinski definition) is 5. The molecule has 2 aliphatic heterocycles. The Bertz CT molecular complexity index is 602. The fourth-order valence-electron chi connectivity index (χ4n) is 4.63. The summed E-state index contributed by atoms with van der Waals surface area (Å²) in [6, 6.07) is 4.24. The predicted octanol–water partition coefficient (Wildman–Crippen LogP) is 2.78. The Morgan fingerprint density at radius 1 is 1.20 bits per heavy atom. The van der Waals surface area contributed by atoms with E-state index in [1.165, 1.54) is 18.4 Å². The highest BCUT2D eigenvalue weighted by Crippen LogP contribution is 2.48. The van der Waals surface area contributed by atoms with Gasteiger partial charge in [-0.05, 0) is 37.8 Å². The molecule has 4 rings (SSSR count). The van der Waals surface area contributed by atoms with E-state index < -0.39 is 0 Å². The van der Waals surface area contributed by atoms with Crippen LogP contribution in [0, 0.1) is 12.3 Å². The normalized spacial score (nSPS) is 26.4. The molecular weight excluding hydrogens is 314 g/mol. The molecule has 0 unspecified atom stereocenters. The Morgan fingerprint density at radius 3 is 2.64 bits per heavy atom. The zero-order valence-electron chi connectivity index (χ0n) is 15.2. The van der Waals surface area contributed by atoms with Crippen LogP contribution in [0.1, 0.15) is 44.1 Å². The number of cyclic esters (lactones) is 1. The van der Waals surface area contributed by atoms with Crippen molar-refractivity contribution in [3.8, 4) is 0 Å². The van der Waals surface area contributed by atoms with Gasteiger partial charge in [0.15, 0.2) is 0 Å². The van der Waals surface area contributed by atoms with E-state index in [0.29, 0.717) is 0 Å². The fourth-order valence-corrected chi connectivity index (χ4v) is 4.63. The van der Waals surface area contributed by atoms with Crippen molar-refractivity contribution in [2.24, 2.45) is 5.41 Å². The first-order valence-electron chi connectivity index (χ1n) is 9.76. The van der Waals surface area contributed by atoms with Gasteiger partial charge in [0.1, 0.15) is 11.9 Å². The zero-order chi connectivity index (χ0) is 17.3. The van der Waals surface area contributed by atoms with Gasteiger partial charge in [-0.2, -0.15) is 0 Å². The minimum atomic E-state index is -0.111. The maximum atomic E-state index is 12.2. The molecule has 0 radical (unpaired) electrons. The molecule has 1 spiro atoms. The van der Waals surface area contributed by atoms with Gasteiger partial charge in [0, 0.05) is 45.3 Å². The largest absolute Gasteiger partial charge is 0.462 e. The lowest BCUT2D eigenvalue weighted by Gasteiger charge is -2.35. The third kappa shape index (κ3) is 3.52. The fraction of sp³-hybridized carbons (Fsp3) is 0.700. The lowest BCUT2D eigenvalue weighted by molar-refractivity contribution is -0.148. The Morgan fingerprint density at radius 2 is 1.96 bits per heavy atom. The molecular formula is C20H29N3O2. The van der Waals surface area contributed by atoms with Crippen LogP contribution in [0.4, 0.5) is 5.82 Å². The molecule has 1 aliphatic carbocycles. The molecule has 2 saturated heterocycles. The summed E-state index contributed by atoms with van der Waals surface area (Å²) in [7, 11) is 0. The molecule has 25 heavy (non-hydrogen) atoms. The Labute approximate surface area is 150 Å². The number of nitrogens with zero attached hydrogens (tertiary/aromatic N) is 3. The zero-order valence-corrected chi connectivity index (χ0v) is 15.2. The second kappa shape index (κ2) is 6.94. The summed E-state index contributed by atoms with van der Waals surface area (Å²) >= 11 is 0. The van der Waals surface area contributed by atoms with E-state index in [0.717, 1.165) is 64.2 Å². The van der Waals surface area contributed by atoms with Crippen molar-refractivity contribution >= 4 is 11.8 Å². The molecule has 3 heterocycles.